The summed E-state index contributed by atoms with van der Waals surface area (Å²) in [5.74, 6) is 2.33. The van der Waals surface area contributed by atoms with Crippen LogP contribution in [0.2, 0.25) is 0 Å². The third kappa shape index (κ3) is 4.58. The van der Waals surface area contributed by atoms with E-state index in [0.717, 1.165) is 18.3 Å². The van der Waals surface area contributed by atoms with Crippen LogP contribution >= 0.6 is 0 Å². The fourth-order valence-corrected chi connectivity index (χ4v) is 2.77. The number of ether oxygens (including phenoxy) is 1. The third-order valence-electron chi connectivity index (χ3n) is 3.81. The molecule has 4 heteroatoms. The number of nitrogens with two attached hydrogens (primary N) is 1. The summed E-state index contributed by atoms with van der Waals surface area (Å²) in [7, 11) is 0. The maximum Gasteiger partial charge on any atom is 0.239 e. The molecular formula is C16H27N3O. The Morgan fingerprint density at radius 3 is 2.80 bits per heavy atom. The van der Waals surface area contributed by atoms with Gasteiger partial charge in [-0.25, -0.2) is 0 Å². The highest BCUT2D eigenvalue weighted by molar-refractivity contribution is 5.53. The number of nitrogens with zero attached hydrogens (tertiary/aromatic N) is 1. The predicted octanol–water partition coefficient (Wildman–Crippen LogP) is 3.83. The van der Waals surface area contributed by atoms with E-state index in [4.69, 9.17) is 10.5 Å². The van der Waals surface area contributed by atoms with Gasteiger partial charge in [0, 0.05) is 6.54 Å². The first-order valence-corrected chi connectivity index (χ1v) is 7.82. The molecule has 0 bridgehead atoms. The Labute approximate surface area is 122 Å². The molecule has 0 unspecified atom stereocenters. The Balaban J connectivity index is 1.77. The van der Waals surface area contributed by atoms with E-state index < -0.39 is 0 Å². The SMILES string of the molecule is CC(C)Oc1nc(NCCCC2CCCC2)ccc1N. The molecule has 0 aromatic carbocycles. The Hall–Kier alpha value is -1.45. The van der Waals surface area contributed by atoms with Gasteiger partial charge in [0.1, 0.15) is 5.82 Å². The average Bonchev–Trinajstić information content (AvgIpc) is 2.91. The van der Waals surface area contributed by atoms with E-state index >= 15 is 0 Å². The van der Waals surface area contributed by atoms with Gasteiger partial charge in [0.25, 0.3) is 0 Å². The number of nitrogens with one attached hydrogen (secondary N) is 1. The zero-order valence-electron chi connectivity index (χ0n) is 12.7. The van der Waals surface area contributed by atoms with Gasteiger partial charge >= 0.3 is 0 Å². The molecule has 3 N–H and O–H groups in total. The van der Waals surface area contributed by atoms with Crippen molar-refractivity contribution in [1.82, 2.24) is 4.98 Å². The first kappa shape index (κ1) is 14.9. The summed E-state index contributed by atoms with van der Waals surface area (Å²) in [4.78, 5) is 4.42. The van der Waals surface area contributed by atoms with Crippen LogP contribution in [0.1, 0.15) is 52.4 Å². The summed E-state index contributed by atoms with van der Waals surface area (Å²) in [6.45, 7) is 4.92. The van der Waals surface area contributed by atoms with Crippen molar-refractivity contribution >= 4 is 11.5 Å². The van der Waals surface area contributed by atoms with Crippen LogP contribution in [0, 0.1) is 5.92 Å². The minimum atomic E-state index is 0.0856. The molecule has 1 aromatic rings. The number of hydrogen-bond acceptors (Lipinski definition) is 4. The minimum absolute atomic E-state index is 0.0856. The first-order valence-electron chi connectivity index (χ1n) is 7.82. The summed E-state index contributed by atoms with van der Waals surface area (Å²) in [6, 6.07) is 3.77. The van der Waals surface area contributed by atoms with Gasteiger partial charge in [0.05, 0.1) is 11.8 Å². The molecule has 1 aliphatic rings. The van der Waals surface area contributed by atoms with Crippen LogP contribution in [-0.4, -0.2) is 17.6 Å². The number of hydrogen-bond donors (Lipinski definition) is 2. The van der Waals surface area contributed by atoms with Gasteiger partial charge in [-0.15, -0.1) is 0 Å². The van der Waals surface area contributed by atoms with Gasteiger partial charge in [-0.2, -0.15) is 4.98 Å². The molecule has 0 spiro atoms. The van der Waals surface area contributed by atoms with Gasteiger partial charge in [-0.3, -0.25) is 0 Å². The topological polar surface area (TPSA) is 60.2 Å². The summed E-state index contributed by atoms with van der Waals surface area (Å²) in [5, 5.41) is 3.36. The van der Waals surface area contributed by atoms with Crippen LogP contribution in [0.25, 0.3) is 0 Å². The normalized spacial score (nSPS) is 15.8. The van der Waals surface area contributed by atoms with Crippen molar-refractivity contribution in [2.24, 2.45) is 5.92 Å². The Kier molecular flexibility index (Phi) is 5.50. The molecule has 0 atom stereocenters. The van der Waals surface area contributed by atoms with Crippen molar-refractivity contribution in [2.45, 2.75) is 58.5 Å². The van der Waals surface area contributed by atoms with Crippen LogP contribution in [0.4, 0.5) is 11.5 Å². The molecule has 1 fully saturated rings. The van der Waals surface area contributed by atoms with E-state index in [0.29, 0.717) is 11.6 Å². The molecule has 20 heavy (non-hydrogen) atoms. The molecular weight excluding hydrogens is 250 g/mol. The van der Waals surface area contributed by atoms with Crippen molar-refractivity contribution in [3.05, 3.63) is 12.1 Å². The lowest BCUT2D eigenvalue weighted by Crippen LogP contribution is -2.11. The molecule has 1 aliphatic carbocycles. The second-order valence-electron chi connectivity index (χ2n) is 5.98. The zero-order valence-corrected chi connectivity index (χ0v) is 12.7. The minimum Gasteiger partial charge on any atom is -0.473 e. The molecule has 1 heterocycles. The van der Waals surface area contributed by atoms with E-state index in [-0.39, 0.29) is 6.10 Å². The maximum absolute atomic E-state index is 5.86. The van der Waals surface area contributed by atoms with E-state index in [1.165, 1.54) is 38.5 Å². The van der Waals surface area contributed by atoms with E-state index in [2.05, 4.69) is 10.3 Å². The Morgan fingerprint density at radius 2 is 2.10 bits per heavy atom. The summed E-state index contributed by atoms with van der Waals surface area (Å²) >= 11 is 0. The molecule has 0 amide bonds. The van der Waals surface area contributed by atoms with Crippen molar-refractivity contribution in [1.29, 1.82) is 0 Å². The Morgan fingerprint density at radius 1 is 1.35 bits per heavy atom. The molecule has 0 radical (unpaired) electrons. The highest BCUT2D eigenvalue weighted by Crippen LogP contribution is 2.28. The van der Waals surface area contributed by atoms with Gasteiger partial charge in [0.2, 0.25) is 5.88 Å². The van der Waals surface area contributed by atoms with Crippen LogP contribution in [0.5, 0.6) is 5.88 Å². The molecule has 0 aliphatic heterocycles. The molecule has 0 saturated heterocycles. The summed E-state index contributed by atoms with van der Waals surface area (Å²) < 4.78 is 5.60. The number of anilines is 2. The maximum atomic E-state index is 5.86. The quantitative estimate of drug-likeness (QED) is 0.744. The fraction of sp³-hybridized carbons (Fsp3) is 0.688. The molecule has 2 rings (SSSR count). The van der Waals surface area contributed by atoms with E-state index in [9.17, 15) is 0 Å². The van der Waals surface area contributed by atoms with Crippen molar-refractivity contribution in [2.75, 3.05) is 17.6 Å². The lowest BCUT2D eigenvalue weighted by atomic mass is 10.0. The fourth-order valence-electron chi connectivity index (χ4n) is 2.77. The molecule has 112 valence electrons. The van der Waals surface area contributed by atoms with Gasteiger partial charge in [-0.1, -0.05) is 25.7 Å². The predicted molar refractivity (Wildman–Crippen MR) is 84.1 cm³/mol. The smallest absolute Gasteiger partial charge is 0.239 e. The van der Waals surface area contributed by atoms with Crippen LogP contribution in [-0.2, 0) is 0 Å². The summed E-state index contributed by atoms with van der Waals surface area (Å²) in [5.41, 5.74) is 6.45. The largest absolute Gasteiger partial charge is 0.473 e. The average molecular weight is 277 g/mol. The Bertz CT molecular complexity index is 414. The van der Waals surface area contributed by atoms with Crippen molar-refractivity contribution in [3.8, 4) is 5.88 Å². The second kappa shape index (κ2) is 7.36. The summed E-state index contributed by atoms with van der Waals surface area (Å²) in [6.07, 6.45) is 8.32. The number of rotatable bonds is 7. The lowest BCUT2D eigenvalue weighted by Gasteiger charge is -2.13. The van der Waals surface area contributed by atoms with Crippen molar-refractivity contribution in [3.63, 3.8) is 0 Å². The second-order valence-corrected chi connectivity index (χ2v) is 5.98. The van der Waals surface area contributed by atoms with Crippen LogP contribution < -0.4 is 15.8 Å². The van der Waals surface area contributed by atoms with Crippen molar-refractivity contribution < 1.29 is 4.74 Å². The van der Waals surface area contributed by atoms with E-state index in [1.54, 1.807) is 0 Å². The van der Waals surface area contributed by atoms with E-state index in [1.807, 2.05) is 26.0 Å². The first-order chi connectivity index (χ1) is 9.65. The van der Waals surface area contributed by atoms with Crippen LogP contribution in [0.15, 0.2) is 12.1 Å². The lowest BCUT2D eigenvalue weighted by molar-refractivity contribution is 0.234. The monoisotopic (exact) mass is 277 g/mol. The molecule has 1 saturated carbocycles. The number of nitrogen functional groups attached to an aromatic ring is 1. The highest BCUT2D eigenvalue weighted by atomic mass is 16.5. The standard InChI is InChI=1S/C16H27N3O/c1-12(2)20-16-14(17)9-10-15(19-16)18-11-5-8-13-6-3-4-7-13/h9-10,12-13H,3-8,11,17H2,1-2H3,(H,18,19). The number of pyridine rings is 1. The molecule has 1 aromatic heterocycles. The van der Waals surface area contributed by atoms with Gasteiger partial charge in [0.15, 0.2) is 0 Å². The zero-order chi connectivity index (χ0) is 14.4. The van der Waals surface area contributed by atoms with Gasteiger partial charge in [-0.05, 0) is 44.7 Å². The van der Waals surface area contributed by atoms with Gasteiger partial charge < -0.3 is 15.8 Å². The number of aromatic nitrogens is 1. The molecule has 4 nitrogen and oxygen atoms in total. The third-order valence-corrected chi connectivity index (χ3v) is 3.81. The van der Waals surface area contributed by atoms with Crippen LogP contribution in [0.3, 0.4) is 0 Å². The highest BCUT2D eigenvalue weighted by Gasteiger charge is 2.14.